The van der Waals surface area contributed by atoms with E-state index in [2.05, 4.69) is 39.6 Å². The lowest BCUT2D eigenvalue weighted by atomic mass is 10.4. The quantitative estimate of drug-likeness (QED) is 0.779. The van der Waals surface area contributed by atoms with Crippen LogP contribution in [-0.2, 0) is 13.0 Å². The largest absolute Gasteiger partial charge is 0.311 e. The van der Waals surface area contributed by atoms with Crippen molar-refractivity contribution in [1.29, 1.82) is 0 Å². The Morgan fingerprint density at radius 2 is 2.25 bits per heavy atom. The summed E-state index contributed by atoms with van der Waals surface area (Å²) in [5.41, 5.74) is 0. The van der Waals surface area contributed by atoms with Crippen molar-refractivity contribution < 1.29 is 0 Å². The summed E-state index contributed by atoms with van der Waals surface area (Å²) in [4.78, 5) is 7.00. The number of aromatic amines is 1. The van der Waals surface area contributed by atoms with Gasteiger partial charge in [-0.05, 0) is 26.0 Å². The summed E-state index contributed by atoms with van der Waals surface area (Å²) >= 11 is 1.84. The first-order chi connectivity index (χ1) is 7.74. The van der Waals surface area contributed by atoms with Crippen LogP contribution in [0.2, 0.25) is 0 Å². The molecule has 0 saturated carbocycles. The van der Waals surface area contributed by atoms with Gasteiger partial charge in [0.2, 0.25) is 0 Å². The van der Waals surface area contributed by atoms with Crippen LogP contribution in [0.3, 0.4) is 0 Å². The molecule has 0 aromatic carbocycles. The highest BCUT2D eigenvalue weighted by molar-refractivity contribution is 7.11. The Kier molecular flexibility index (Phi) is 3.69. The predicted octanol–water partition coefficient (Wildman–Crippen LogP) is 1.82. The Labute approximate surface area is 99.1 Å². The summed E-state index contributed by atoms with van der Waals surface area (Å²) in [5.74, 6) is 1.76. The van der Waals surface area contributed by atoms with E-state index in [0.717, 1.165) is 31.2 Å². The van der Waals surface area contributed by atoms with E-state index in [1.807, 2.05) is 18.3 Å². The molecule has 0 amide bonds. The second kappa shape index (κ2) is 5.23. The lowest BCUT2D eigenvalue weighted by Gasteiger charge is -1.99. The van der Waals surface area contributed by atoms with E-state index in [9.17, 15) is 0 Å². The number of rotatable bonds is 5. The van der Waals surface area contributed by atoms with Crippen LogP contribution in [0.5, 0.6) is 0 Å². The molecular formula is C11H16N4S. The standard InChI is InChI=1S/C11H16N4S/c1-8-3-4-10(16-8)7-12-6-5-11-13-9(2)14-15-11/h3-4,12H,5-7H2,1-2H3,(H,13,14,15). The monoisotopic (exact) mass is 236 g/mol. The number of nitrogens with zero attached hydrogens (tertiary/aromatic N) is 2. The normalized spacial score (nSPS) is 10.9. The molecule has 2 aromatic rings. The minimum atomic E-state index is 0.870. The third-order valence-corrected chi connectivity index (χ3v) is 3.26. The highest BCUT2D eigenvalue weighted by Gasteiger charge is 2.00. The van der Waals surface area contributed by atoms with Crippen LogP contribution in [0, 0.1) is 13.8 Å². The van der Waals surface area contributed by atoms with Crippen molar-refractivity contribution in [3.8, 4) is 0 Å². The molecule has 0 aliphatic heterocycles. The van der Waals surface area contributed by atoms with Gasteiger partial charge in [0.25, 0.3) is 0 Å². The summed E-state index contributed by atoms with van der Waals surface area (Å²) < 4.78 is 0. The molecule has 2 N–H and O–H groups in total. The highest BCUT2D eigenvalue weighted by Crippen LogP contribution is 2.14. The molecule has 0 fully saturated rings. The van der Waals surface area contributed by atoms with E-state index < -0.39 is 0 Å². The number of thiophene rings is 1. The molecule has 4 nitrogen and oxygen atoms in total. The SMILES string of the molecule is Cc1nc(CCNCc2ccc(C)s2)n[nH]1. The maximum Gasteiger partial charge on any atom is 0.151 e. The fraction of sp³-hybridized carbons (Fsp3) is 0.455. The van der Waals surface area contributed by atoms with Crippen molar-refractivity contribution in [1.82, 2.24) is 20.5 Å². The van der Waals surface area contributed by atoms with Gasteiger partial charge in [0, 0.05) is 29.3 Å². The van der Waals surface area contributed by atoms with Crippen LogP contribution in [0.1, 0.15) is 21.4 Å². The van der Waals surface area contributed by atoms with Crippen LogP contribution in [0.15, 0.2) is 12.1 Å². The van der Waals surface area contributed by atoms with Gasteiger partial charge < -0.3 is 5.32 Å². The lowest BCUT2D eigenvalue weighted by Crippen LogP contribution is -2.16. The number of nitrogens with one attached hydrogen (secondary N) is 2. The van der Waals surface area contributed by atoms with Gasteiger partial charge in [0.1, 0.15) is 5.82 Å². The molecule has 0 aliphatic carbocycles. The zero-order valence-corrected chi connectivity index (χ0v) is 10.4. The zero-order valence-electron chi connectivity index (χ0n) is 9.58. The van der Waals surface area contributed by atoms with E-state index in [0.29, 0.717) is 0 Å². The molecule has 0 spiro atoms. The fourth-order valence-electron chi connectivity index (χ4n) is 1.49. The van der Waals surface area contributed by atoms with Crippen molar-refractivity contribution >= 4 is 11.3 Å². The van der Waals surface area contributed by atoms with Gasteiger partial charge in [-0.1, -0.05) is 0 Å². The second-order valence-electron chi connectivity index (χ2n) is 3.78. The van der Waals surface area contributed by atoms with Gasteiger partial charge >= 0.3 is 0 Å². The van der Waals surface area contributed by atoms with Crippen molar-refractivity contribution in [3.05, 3.63) is 33.5 Å². The van der Waals surface area contributed by atoms with Crippen LogP contribution >= 0.6 is 11.3 Å². The van der Waals surface area contributed by atoms with Crippen LogP contribution in [0.25, 0.3) is 0 Å². The smallest absolute Gasteiger partial charge is 0.151 e. The molecule has 0 bridgehead atoms. The van der Waals surface area contributed by atoms with Gasteiger partial charge in [-0.3, -0.25) is 5.10 Å². The number of hydrogen-bond acceptors (Lipinski definition) is 4. The average molecular weight is 236 g/mol. The summed E-state index contributed by atoms with van der Waals surface area (Å²) in [5, 5.41) is 10.3. The highest BCUT2D eigenvalue weighted by atomic mass is 32.1. The third kappa shape index (κ3) is 3.15. The van der Waals surface area contributed by atoms with E-state index in [4.69, 9.17) is 0 Å². The van der Waals surface area contributed by atoms with Crippen LogP contribution in [0.4, 0.5) is 0 Å². The molecule has 0 radical (unpaired) electrons. The minimum absolute atomic E-state index is 0.870. The summed E-state index contributed by atoms with van der Waals surface area (Å²) in [6.45, 7) is 5.89. The predicted molar refractivity (Wildman–Crippen MR) is 65.6 cm³/mol. The van der Waals surface area contributed by atoms with Crippen molar-refractivity contribution in [2.45, 2.75) is 26.8 Å². The second-order valence-corrected chi connectivity index (χ2v) is 5.15. The van der Waals surface area contributed by atoms with Crippen molar-refractivity contribution in [3.63, 3.8) is 0 Å². The zero-order chi connectivity index (χ0) is 11.4. The first-order valence-corrected chi connectivity index (χ1v) is 6.19. The van der Waals surface area contributed by atoms with E-state index in [1.54, 1.807) is 0 Å². The number of aryl methyl sites for hydroxylation is 2. The summed E-state index contributed by atoms with van der Waals surface area (Å²) in [7, 11) is 0. The fourth-order valence-corrected chi connectivity index (χ4v) is 2.35. The van der Waals surface area contributed by atoms with Crippen molar-refractivity contribution in [2.24, 2.45) is 0 Å². The number of hydrogen-bond donors (Lipinski definition) is 2. The van der Waals surface area contributed by atoms with E-state index in [1.165, 1.54) is 9.75 Å². The number of aromatic nitrogens is 3. The molecule has 2 heterocycles. The summed E-state index contributed by atoms with van der Waals surface area (Å²) in [6.07, 6.45) is 0.870. The Morgan fingerprint density at radius 3 is 2.88 bits per heavy atom. The molecule has 0 saturated heterocycles. The van der Waals surface area contributed by atoms with E-state index in [-0.39, 0.29) is 0 Å². The molecule has 0 aliphatic rings. The van der Waals surface area contributed by atoms with Gasteiger partial charge in [0.05, 0.1) is 0 Å². The Hall–Kier alpha value is -1.20. The molecular weight excluding hydrogens is 220 g/mol. The lowest BCUT2D eigenvalue weighted by molar-refractivity contribution is 0.677. The first-order valence-electron chi connectivity index (χ1n) is 5.38. The Morgan fingerprint density at radius 1 is 1.38 bits per heavy atom. The van der Waals surface area contributed by atoms with Crippen LogP contribution < -0.4 is 5.32 Å². The molecule has 2 aromatic heterocycles. The third-order valence-electron chi connectivity index (χ3n) is 2.26. The van der Waals surface area contributed by atoms with E-state index >= 15 is 0 Å². The molecule has 16 heavy (non-hydrogen) atoms. The molecule has 2 rings (SSSR count). The van der Waals surface area contributed by atoms with Gasteiger partial charge in [-0.15, -0.1) is 11.3 Å². The van der Waals surface area contributed by atoms with Gasteiger partial charge in [-0.25, -0.2) is 4.98 Å². The molecule has 0 atom stereocenters. The van der Waals surface area contributed by atoms with Crippen molar-refractivity contribution in [2.75, 3.05) is 6.54 Å². The molecule has 86 valence electrons. The molecule has 0 unspecified atom stereocenters. The summed E-state index contributed by atoms with van der Waals surface area (Å²) in [6, 6.07) is 4.32. The van der Waals surface area contributed by atoms with Gasteiger partial charge in [0.15, 0.2) is 5.82 Å². The maximum atomic E-state index is 4.26. The minimum Gasteiger partial charge on any atom is -0.311 e. The number of H-pyrrole nitrogens is 1. The first kappa shape index (κ1) is 11.3. The molecule has 5 heteroatoms. The Bertz CT molecular complexity index is 404. The topological polar surface area (TPSA) is 53.6 Å². The van der Waals surface area contributed by atoms with Crippen LogP contribution in [-0.4, -0.2) is 21.7 Å². The van der Waals surface area contributed by atoms with Gasteiger partial charge in [-0.2, -0.15) is 5.10 Å². The average Bonchev–Trinajstić information content (AvgIpc) is 2.83. The maximum absolute atomic E-state index is 4.26. The Balaban J connectivity index is 1.69.